The largest absolute Gasteiger partial charge is 0.353 e. The second-order valence-electron chi connectivity index (χ2n) is 7.51. The predicted octanol–water partition coefficient (Wildman–Crippen LogP) is 2.66. The van der Waals surface area contributed by atoms with Crippen molar-refractivity contribution in [2.75, 3.05) is 49.1 Å². The van der Waals surface area contributed by atoms with Crippen molar-refractivity contribution < 1.29 is 4.79 Å². The summed E-state index contributed by atoms with van der Waals surface area (Å²) in [6.45, 7) is 9.18. The predicted molar refractivity (Wildman–Crippen MR) is 108 cm³/mol. The molecule has 4 rings (SSSR count). The van der Waals surface area contributed by atoms with Crippen molar-refractivity contribution in [3.63, 3.8) is 0 Å². The summed E-state index contributed by atoms with van der Waals surface area (Å²) >= 11 is 0. The van der Waals surface area contributed by atoms with Crippen molar-refractivity contribution in [2.24, 2.45) is 0 Å². The van der Waals surface area contributed by atoms with E-state index in [1.807, 2.05) is 36.2 Å². The molecule has 0 radical (unpaired) electrons. The van der Waals surface area contributed by atoms with E-state index in [2.05, 4.69) is 27.8 Å². The zero-order chi connectivity index (χ0) is 18.8. The van der Waals surface area contributed by atoms with Gasteiger partial charge < -0.3 is 14.7 Å². The van der Waals surface area contributed by atoms with Gasteiger partial charge in [0.1, 0.15) is 5.82 Å². The Labute approximate surface area is 160 Å². The van der Waals surface area contributed by atoms with Crippen LogP contribution in [0.25, 0.3) is 0 Å². The quantitative estimate of drug-likeness (QED) is 0.837. The number of piperazine rings is 1. The summed E-state index contributed by atoms with van der Waals surface area (Å²) in [5, 5.41) is 0. The summed E-state index contributed by atoms with van der Waals surface area (Å²) < 4.78 is 0. The van der Waals surface area contributed by atoms with Crippen LogP contribution in [0.2, 0.25) is 0 Å². The Kier molecular flexibility index (Phi) is 4.97. The summed E-state index contributed by atoms with van der Waals surface area (Å²) in [5.74, 6) is 1.93. The number of carbonyl (C=O) groups is 1. The number of rotatable bonds is 3. The minimum absolute atomic E-state index is 0.132. The molecule has 6 heteroatoms. The van der Waals surface area contributed by atoms with Gasteiger partial charge in [-0.25, -0.2) is 4.98 Å². The summed E-state index contributed by atoms with van der Waals surface area (Å²) in [7, 11) is 0. The van der Waals surface area contributed by atoms with Crippen LogP contribution in [0.4, 0.5) is 11.8 Å². The molecule has 3 heterocycles. The van der Waals surface area contributed by atoms with Gasteiger partial charge in [-0.05, 0) is 44.4 Å². The normalized spacial score (nSPS) is 17.5. The van der Waals surface area contributed by atoms with Crippen LogP contribution in [0, 0.1) is 13.8 Å². The van der Waals surface area contributed by atoms with Crippen LogP contribution in [-0.4, -0.2) is 60.0 Å². The molecule has 0 aliphatic carbocycles. The fourth-order valence-corrected chi connectivity index (χ4v) is 3.95. The average Bonchev–Trinajstić information content (AvgIpc) is 3.23. The van der Waals surface area contributed by atoms with E-state index in [1.54, 1.807) is 0 Å². The first-order valence-corrected chi connectivity index (χ1v) is 9.81. The standard InChI is InChI=1S/C21H27N5O/c1-16-5-6-18(17(2)15-16)20(27)25-13-11-24(12-14-25)19-7-8-22-21(23-19)26-9-3-4-10-26/h5-8,15H,3-4,9-14H2,1-2H3. The number of carbonyl (C=O) groups excluding carboxylic acids is 1. The smallest absolute Gasteiger partial charge is 0.254 e. The van der Waals surface area contributed by atoms with E-state index in [0.29, 0.717) is 0 Å². The van der Waals surface area contributed by atoms with E-state index >= 15 is 0 Å². The number of benzene rings is 1. The maximum atomic E-state index is 12.9. The van der Waals surface area contributed by atoms with Crippen molar-refractivity contribution in [1.82, 2.24) is 14.9 Å². The molecule has 1 aromatic carbocycles. The lowest BCUT2D eigenvalue weighted by Gasteiger charge is -2.36. The van der Waals surface area contributed by atoms with Gasteiger partial charge >= 0.3 is 0 Å². The molecule has 2 aromatic rings. The Morgan fingerprint density at radius 3 is 2.37 bits per heavy atom. The van der Waals surface area contributed by atoms with Crippen LogP contribution in [0.3, 0.4) is 0 Å². The van der Waals surface area contributed by atoms with Crippen molar-refractivity contribution >= 4 is 17.7 Å². The number of hydrogen-bond acceptors (Lipinski definition) is 5. The lowest BCUT2D eigenvalue weighted by molar-refractivity contribution is 0.0746. The molecule has 142 valence electrons. The van der Waals surface area contributed by atoms with Gasteiger partial charge in [-0.1, -0.05) is 17.7 Å². The van der Waals surface area contributed by atoms with Gasteiger partial charge in [0.05, 0.1) is 0 Å². The van der Waals surface area contributed by atoms with Crippen LogP contribution in [0.5, 0.6) is 0 Å². The molecule has 2 fully saturated rings. The summed E-state index contributed by atoms with van der Waals surface area (Å²) in [6.07, 6.45) is 4.28. The lowest BCUT2D eigenvalue weighted by Crippen LogP contribution is -2.49. The van der Waals surface area contributed by atoms with E-state index in [0.717, 1.165) is 62.2 Å². The van der Waals surface area contributed by atoms with Gasteiger partial charge in [0.2, 0.25) is 5.95 Å². The van der Waals surface area contributed by atoms with Gasteiger partial charge in [-0.2, -0.15) is 4.98 Å². The molecule has 1 aromatic heterocycles. The SMILES string of the molecule is Cc1ccc(C(=O)N2CCN(c3ccnc(N4CCCC4)n3)CC2)c(C)c1. The van der Waals surface area contributed by atoms with E-state index in [9.17, 15) is 4.79 Å². The Hall–Kier alpha value is -2.63. The molecule has 6 nitrogen and oxygen atoms in total. The highest BCUT2D eigenvalue weighted by molar-refractivity contribution is 5.95. The van der Waals surface area contributed by atoms with Crippen LogP contribution in [-0.2, 0) is 0 Å². The number of aromatic nitrogens is 2. The Balaban J connectivity index is 1.41. The molecule has 1 amide bonds. The molecule has 2 aliphatic rings. The molecule has 0 spiro atoms. The number of amides is 1. The van der Waals surface area contributed by atoms with Gasteiger partial charge in [0.25, 0.3) is 5.91 Å². The van der Waals surface area contributed by atoms with E-state index in [4.69, 9.17) is 4.98 Å². The van der Waals surface area contributed by atoms with Crippen LogP contribution in [0.1, 0.15) is 34.3 Å². The van der Waals surface area contributed by atoms with E-state index < -0.39 is 0 Å². The van der Waals surface area contributed by atoms with Gasteiger partial charge in [-0.3, -0.25) is 4.79 Å². The zero-order valence-corrected chi connectivity index (χ0v) is 16.2. The summed E-state index contributed by atoms with van der Waals surface area (Å²) in [4.78, 5) is 28.6. The Bertz CT molecular complexity index is 823. The van der Waals surface area contributed by atoms with E-state index in [-0.39, 0.29) is 5.91 Å². The van der Waals surface area contributed by atoms with Crippen molar-refractivity contribution in [3.8, 4) is 0 Å². The monoisotopic (exact) mass is 365 g/mol. The minimum Gasteiger partial charge on any atom is -0.353 e. The fourth-order valence-electron chi connectivity index (χ4n) is 3.95. The molecule has 0 bridgehead atoms. The molecule has 2 aliphatic heterocycles. The molecule has 0 atom stereocenters. The number of anilines is 2. The third kappa shape index (κ3) is 3.75. The summed E-state index contributed by atoms with van der Waals surface area (Å²) in [5.41, 5.74) is 3.05. The molecular formula is C21H27N5O. The first kappa shape index (κ1) is 17.8. The van der Waals surface area contributed by atoms with E-state index in [1.165, 1.54) is 18.4 Å². The number of nitrogens with zero attached hydrogens (tertiary/aromatic N) is 5. The minimum atomic E-state index is 0.132. The van der Waals surface area contributed by atoms with Crippen molar-refractivity contribution in [3.05, 3.63) is 47.2 Å². The zero-order valence-electron chi connectivity index (χ0n) is 16.2. The highest BCUT2D eigenvalue weighted by Crippen LogP contribution is 2.21. The number of aryl methyl sites for hydroxylation is 2. The molecular weight excluding hydrogens is 338 g/mol. The average molecular weight is 365 g/mol. The van der Waals surface area contributed by atoms with Crippen molar-refractivity contribution in [1.29, 1.82) is 0 Å². The summed E-state index contributed by atoms with van der Waals surface area (Å²) in [6, 6.07) is 8.01. The third-order valence-corrected chi connectivity index (χ3v) is 5.52. The molecule has 0 N–H and O–H groups in total. The second kappa shape index (κ2) is 7.55. The maximum Gasteiger partial charge on any atom is 0.254 e. The Morgan fingerprint density at radius 1 is 0.926 bits per heavy atom. The molecule has 2 saturated heterocycles. The molecule has 0 saturated carbocycles. The maximum absolute atomic E-state index is 12.9. The number of hydrogen-bond donors (Lipinski definition) is 0. The highest BCUT2D eigenvalue weighted by atomic mass is 16.2. The van der Waals surface area contributed by atoms with Gasteiger partial charge in [0.15, 0.2) is 0 Å². The third-order valence-electron chi connectivity index (χ3n) is 5.52. The first-order valence-electron chi connectivity index (χ1n) is 9.81. The van der Waals surface area contributed by atoms with Crippen molar-refractivity contribution in [2.45, 2.75) is 26.7 Å². The Morgan fingerprint density at radius 2 is 1.67 bits per heavy atom. The van der Waals surface area contributed by atoms with Crippen LogP contribution >= 0.6 is 0 Å². The lowest BCUT2D eigenvalue weighted by atomic mass is 10.0. The second-order valence-corrected chi connectivity index (χ2v) is 7.51. The fraction of sp³-hybridized carbons (Fsp3) is 0.476. The molecule has 0 unspecified atom stereocenters. The van der Waals surface area contributed by atoms with Gasteiger partial charge in [0, 0.05) is 51.0 Å². The topological polar surface area (TPSA) is 52.6 Å². The van der Waals surface area contributed by atoms with Crippen LogP contribution in [0.15, 0.2) is 30.5 Å². The molecule has 27 heavy (non-hydrogen) atoms. The highest BCUT2D eigenvalue weighted by Gasteiger charge is 2.24. The first-order chi connectivity index (χ1) is 13.1. The van der Waals surface area contributed by atoms with Gasteiger partial charge in [-0.15, -0.1) is 0 Å². The van der Waals surface area contributed by atoms with Crippen LogP contribution < -0.4 is 9.80 Å².